The normalized spacial score (nSPS) is 10.3. The number of benzene rings is 1. The second-order valence-electron chi connectivity index (χ2n) is 3.26. The Morgan fingerprint density at radius 3 is 2.53 bits per heavy atom. The molecule has 0 N–H and O–H groups in total. The summed E-state index contributed by atoms with van der Waals surface area (Å²) in [5, 5.41) is 10.1. The molecule has 0 aliphatic carbocycles. The van der Waals surface area contributed by atoms with Crippen LogP contribution in [0.1, 0.15) is 0 Å². The monoisotopic (exact) mass is 283 g/mol. The van der Waals surface area contributed by atoms with Crippen molar-refractivity contribution in [3.05, 3.63) is 28.7 Å². The van der Waals surface area contributed by atoms with E-state index in [1.807, 2.05) is 43.3 Å². The lowest BCUT2D eigenvalue weighted by atomic mass is 10.2. The van der Waals surface area contributed by atoms with Crippen molar-refractivity contribution in [1.82, 2.24) is 10.2 Å². The van der Waals surface area contributed by atoms with Gasteiger partial charge in [0.25, 0.3) is 0 Å². The fourth-order valence-electron chi connectivity index (χ4n) is 1.14. The maximum atomic E-state index is 4.17. The number of nitrogens with zero attached hydrogens (tertiary/aromatic N) is 3. The first-order valence-corrected chi connectivity index (χ1v) is 6.05. The van der Waals surface area contributed by atoms with E-state index in [1.165, 1.54) is 0 Å². The lowest BCUT2D eigenvalue weighted by molar-refractivity contribution is 1.02. The number of hydrogen-bond acceptors (Lipinski definition) is 4. The van der Waals surface area contributed by atoms with Crippen LogP contribution in [0.5, 0.6) is 0 Å². The van der Waals surface area contributed by atoms with Crippen molar-refractivity contribution in [3.63, 3.8) is 0 Å². The molecule has 2 rings (SSSR count). The Morgan fingerprint density at radius 2 is 1.93 bits per heavy atom. The van der Waals surface area contributed by atoms with Gasteiger partial charge in [0.05, 0.1) is 0 Å². The van der Waals surface area contributed by atoms with Crippen LogP contribution in [-0.2, 0) is 0 Å². The average Bonchev–Trinajstić information content (AvgIpc) is 2.67. The zero-order chi connectivity index (χ0) is 10.8. The summed E-state index contributed by atoms with van der Waals surface area (Å²) in [6, 6.07) is 8.02. The average molecular weight is 284 g/mol. The highest BCUT2D eigenvalue weighted by atomic mass is 79.9. The van der Waals surface area contributed by atoms with Crippen LogP contribution >= 0.6 is 27.3 Å². The van der Waals surface area contributed by atoms with E-state index in [2.05, 4.69) is 26.1 Å². The maximum Gasteiger partial charge on any atom is 0.208 e. The summed E-state index contributed by atoms with van der Waals surface area (Å²) in [6.07, 6.45) is 0. The van der Waals surface area contributed by atoms with Gasteiger partial charge in [-0.15, -0.1) is 10.2 Å². The minimum atomic E-state index is 0.917. The van der Waals surface area contributed by atoms with Crippen molar-refractivity contribution in [2.24, 2.45) is 0 Å². The number of hydrogen-bond donors (Lipinski definition) is 0. The molecule has 0 aliphatic heterocycles. The molecule has 0 atom stereocenters. The highest BCUT2D eigenvalue weighted by Crippen LogP contribution is 2.32. The van der Waals surface area contributed by atoms with Crippen molar-refractivity contribution in [3.8, 4) is 10.6 Å². The first kappa shape index (κ1) is 10.6. The highest BCUT2D eigenvalue weighted by molar-refractivity contribution is 9.10. The number of rotatable bonds is 2. The lowest BCUT2D eigenvalue weighted by Gasteiger charge is -2.04. The van der Waals surface area contributed by atoms with Gasteiger partial charge in [-0.25, -0.2) is 0 Å². The zero-order valence-electron chi connectivity index (χ0n) is 8.44. The standard InChI is InChI=1S/C10H10BrN3S/c1-14(2)10-13-12-9(15-10)7-5-3-4-6-8(7)11/h3-6H,1-2H3. The molecule has 0 unspecified atom stereocenters. The first-order chi connectivity index (χ1) is 7.18. The Kier molecular flexibility index (Phi) is 3.02. The van der Waals surface area contributed by atoms with Crippen LogP contribution < -0.4 is 4.90 Å². The summed E-state index contributed by atoms with van der Waals surface area (Å²) >= 11 is 5.09. The van der Waals surface area contributed by atoms with Crippen LogP contribution in [0.2, 0.25) is 0 Å². The minimum Gasteiger partial charge on any atom is -0.353 e. The number of anilines is 1. The van der Waals surface area contributed by atoms with Crippen LogP contribution in [0.25, 0.3) is 10.6 Å². The molecule has 78 valence electrons. The van der Waals surface area contributed by atoms with E-state index in [0.717, 1.165) is 20.2 Å². The Morgan fingerprint density at radius 1 is 1.20 bits per heavy atom. The van der Waals surface area contributed by atoms with Crippen LogP contribution in [0, 0.1) is 0 Å². The lowest BCUT2D eigenvalue weighted by Crippen LogP contribution is -2.07. The van der Waals surface area contributed by atoms with E-state index in [-0.39, 0.29) is 0 Å². The van der Waals surface area contributed by atoms with Gasteiger partial charge in [-0.05, 0) is 6.07 Å². The summed E-state index contributed by atoms with van der Waals surface area (Å²) in [5.74, 6) is 0. The highest BCUT2D eigenvalue weighted by Gasteiger charge is 2.09. The predicted octanol–water partition coefficient (Wildman–Crippen LogP) is 3.03. The van der Waals surface area contributed by atoms with Gasteiger partial charge in [-0.3, -0.25) is 0 Å². The molecule has 0 spiro atoms. The summed E-state index contributed by atoms with van der Waals surface area (Å²) < 4.78 is 1.05. The van der Waals surface area contributed by atoms with Gasteiger partial charge in [0.1, 0.15) is 0 Å². The van der Waals surface area contributed by atoms with E-state index in [1.54, 1.807) is 11.3 Å². The molecule has 0 saturated heterocycles. The second-order valence-corrected chi connectivity index (χ2v) is 5.07. The second kappa shape index (κ2) is 4.28. The third kappa shape index (κ3) is 2.18. The summed E-state index contributed by atoms with van der Waals surface area (Å²) in [5.41, 5.74) is 1.09. The zero-order valence-corrected chi connectivity index (χ0v) is 10.8. The fourth-order valence-corrected chi connectivity index (χ4v) is 2.55. The third-order valence-electron chi connectivity index (χ3n) is 1.90. The molecule has 0 fully saturated rings. The third-order valence-corrected chi connectivity index (χ3v) is 3.72. The molecular formula is C10H10BrN3S. The van der Waals surface area contributed by atoms with Crippen molar-refractivity contribution in [1.29, 1.82) is 0 Å². The molecule has 15 heavy (non-hydrogen) atoms. The molecule has 2 aromatic rings. The SMILES string of the molecule is CN(C)c1nnc(-c2ccccc2Br)s1. The van der Waals surface area contributed by atoms with Crippen LogP contribution in [0.3, 0.4) is 0 Å². The van der Waals surface area contributed by atoms with Crippen molar-refractivity contribution in [2.45, 2.75) is 0 Å². The van der Waals surface area contributed by atoms with E-state index in [0.29, 0.717) is 0 Å². The first-order valence-electron chi connectivity index (χ1n) is 4.44. The molecule has 1 aromatic heterocycles. The number of halogens is 1. The Balaban J connectivity index is 2.42. The van der Waals surface area contributed by atoms with Gasteiger partial charge >= 0.3 is 0 Å². The van der Waals surface area contributed by atoms with Gasteiger partial charge in [0, 0.05) is 24.1 Å². The van der Waals surface area contributed by atoms with Crippen LogP contribution in [0.15, 0.2) is 28.7 Å². The Hall–Kier alpha value is -0.940. The van der Waals surface area contributed by atoms with E-state index < -0.39 is 0 Å². The quantitative estimate of drug-likeness (QED) is 0.848. The predicted molar refractivity (Wildman–Crippen MR) is 67.4 cm³/mol. The summed E-state index contributed by atoms with van der Waals surface area (Å²) in [6.45, 7) is 0. The topological polar surface area (TPSA) is 29.0 Å². The molecular weight excluding hydrogens is 274 g/mol. The summed E-state index contributed by atoms with van der Waals surface area (Å²) in [7, 11) is 3.93. The minimum absolute atomic E-state index is 0.917. The maximum absolute atomic E-state index is 4.17. The number of aromatic nitrogens is 2. The largest absolute Gasteiger partial charge is 0.353 e. The van der Waals surface area contributed by atoms with Crippen LogP contribution in [-0.4, -0.2) is 24.3 Å². The Labute approximate surface area is 101 Å². The molecule has 3 nitrogen and oxygen atoms in total. The molecule has 1 aromatic carbocycles. The summed E-state index contributed by atoms with van der Waals surface area (Å²) in [4.78, 5) is 1.96. The molecule has 0 aliphatic rings. The molecule has 5 heteroatoms. The molecule has 0 bridgehead atoms. The molecule has 0 saturated carbocycles. The van der Waals surface area contributed by atoms with Gasteiger partial charge in [-0.1, -0.05) is 45.5 Å². The van der Waals surface area contributed by atoms with Gasteiger partial charge in [-0.2, -0.15) is 0 Å². The van der Waals surface area contributed by atoms with Crippen molar-refractivity contribution < 1.29 is 0 Å². The fraction of sp³-hybridized carbons (Fsp3) is 0.200. The van der Waals surface area contributed by atoms with Gasteiger partial charge < -0.3 is 4.90 Å². The van der Waals surface area contributed by atoms with Crippen molar-refractivity contribution >= 4 is 32.4 Å². The van der Waals surface area contributed by atoms with Crippen LogP contribution in [0.4, 0.5) is 5.13 Å². The molecule has 1 heterocycles. The van der Waals surface area contributed by atoms with Gasteiger partial charge in [0.2, 0.25) is 5.13 Å². The molecule has 0 radical (unpaired) electrons. The van der Waals surface area contributed by atoms with Crippen molar-refractivity contribution in [2.75, 3.05) is 19.0 Å². The Bertz CT molecular complexity index is 467. The van der Waals surface area contributed by atoms with E-state index >= 15 is 0 Å². The van der Waals surface area contributed by atoms with E-state index in [4.69, 9.17) is 0 Å². The van der Waals surface area contributed by atoms with E-state index in [9.17, 15) is 0 Å². The smallest absolute Gasteiger partial charge is 0.208 e. The molecule has 0 amide bonds. The van der Waals surface area contributed by atoms with Gasteiger partial charge in [0.15, 0.2) is 5.01 Å².